The second-order valence-corrected chi connectivity index (χ2v) is 9.14. The Hall–Kier alpha value is -2.91. The van der Waals surface area contributed by atoms with Gasteiger partial charge in [0.25, 0.3) is 0 Å². The van der Waals surface area contributed by atoms with Crippen molar-refractivity contribution in [1.29, 1.82) is 0 Å². The molecule has 2 unspecified atom stereocenters. The number of amides is 1. The van der Waals surface area contributed by atoms with E-state index in [1.165, 1.54) is 5.56 Å². The first-order valence-electron chi connectivity index (χ1n) is 11.8. The van der Waals surface area contributed by atoms with Crippen LogP contribution in [-0.4, -0.2) is 30.4 Å². The first-order valence-corrected chi connectivity index (χ1v) is 11.8. The van der Waals surface area contributed by atoms with Crippen molar-refractivity contribution in [3.8, 4) is 0 Å². The lowest BCUT2D eigenvalue weighted by molar-refractivity contribution is -0.123. The predicted molar refractivity (Wildman–Crippen MR) is 131 cm³/mol. The van der Waals surface area contributed by atoms with E-state index in [-0.39, 0.29) is 11.8 Å². The molecule has 3 nitrogen and oxygen atoms in total. The average molecular weight is 427 g/mol. The monoisotopic (exact) mass is 426 g/mol. The molecule has 166 valence electrons. The van der Waals surface area contributed by atoms with Crippen molar-refractivity contribution in [3.05, 3.63) is 108 Å². The highest BCUT2D eigenvalue weighted by Crippen LogP contribution is 2.47. The summed E-state index contributed by atoms with van der Waals surface area (Å²) in [6.45, 7) is 1.06. The largest absolute Gasteiger partial charge is 0.369 e. The molecule has 0 saturated heterocycles. The van der Waals surface area contributed by atoms with Crippen LogP contribution >= 0.6 is 0 Å². The molecule has 0 spiro atoms. The number of nitrogens with two attached hydrogens (primary N) is 1. The molecule has 1 aliphatic rings. The van der Waals surface area contributed by atoms with E-state index < -0.39 is 5.41 Å². The van der Waals surface area contributed by atoms with Gasteiger partial charge in [0.15, 0.2) is 0 Å². The first-order chi connectivity index (χ1) is 15.6. The molecule has 0 bridgehead atoms. The Bertz CT molecular complexity index is 948. The van der Waals surface area contributed by atoms with Gasteiger partial charge in [0.05, 0.1) is 0 Å². The molecular formula is C29H34N2O. The lowest BCUT2D eigenvalue weighted by Gasteiger charge is -2.38. The highest BCUT2D eigenvalue weighted by Gasteiger charge is 2.50. The molecule has 4 rings (SSSR count). The van der Waals surface area contributed by atoms with Crippen molar-refractivity contribution >= 4 is 5.91 Å². The van der Waals surface area contributed by atoms with Crippen LogP contribution in [0.3, 0.4) is 0 Å². The summed E-state index contributed by atoms with van der Waals surface area (Å²) < 4.78 is 0. The standard InChI is InChI=1S/C29H34N2O/c1-31(21-11-14-23-12-5-2-6-13-23)27-20-19-26(22-27)29(28(30)32,24-15-7-3-8-16-24)25-17-9-4-10-18-25/h2-10,12-13,15-18,26-27H,11,14,19-22H2,1H3,(H2,30,32). The molecule has 1 aliphatic carbocycles. The van der Waals surface area contributed by atoms with Crippen LogP contribution in [0, 0.1) is 5.92 Å². The highest BCUT2D eigenvalue weighted by atomic mass is 16.1. The summed E-state index contributed by atoms with van der Waals surface area (Å²) in [6.07, 6.45) is 5.32. The van der Waals surface area contributed by atoms with Gasteiger partial charge in [0.2, 0.25) is 5.91 Å². The Labute approximate surface area is 192 Å². The van der Waals surface area contributed by atoms with Crippen molar-refractivity contribution in [2.45, 2.75) is 43.6 Å². The number of primary amides is 1. The third-order valence-corrected chi connectivity index (χ3v) is 7.31. The van der Waals surface area contributed by atoms with E-state index in [9.17, 15) is 4.79 Å². The zero-order chi connectivity index (χ0) is 22.4. The molecule has 1 amide bonds. The molecule has 0 radical (unpaired) electrons. The van der Waals surface area contributed by atoms with Gasteiger partial charge in [0, 0.05) is 6.04 Å². The Morgan fingerprint density at radius 3 is 1.94 bits per heavy atom. The van der Waals surface area contributed by atoms with Crippen LogP contribution in [0.15, 0.2) is 91.0 Å². The fraction of sp³-hybridized carbons (Fsp3) is 0.345. The number of nitrogens with zero attached hydrogens (tertiary/aromatic N) is 1. The maximum atomic E-state index is 13.2. The van der Waals surface area contributed by atoms with Gasteiger partial charge in [-0.05, 0) is 68.3 Å². The second-order valence-electron chi connectivity index (χ2n) is 9.14. The van der Waals surface area contributed by atoms with Gasteiger partial charge < -0.3 is 10.6 Å². The van der Waals surface area contributed by atoms with Crippen LogP contribution in [0.5, 0.6) is 0 Å². The quantitative estimate of drug-likeness (QED) is 0.512. The van der Waals surface area contributed by atoms with Crippen LogP contribution in [-0.2, 0) is 16.6 Å². The van der Waals surface area contributed by atoms with E-state index >= 15 is 0 Å². The van der Waals surface area contributed by atoms with Gasteiger partial charge in [-0.3, -0.25) is 4.79 Å². The summed E-state index contributed by atoms with van der Waals surface area (Å²) in [7, 11) is 2.23. The lowest BCUT2D eigenvalue weighted by atomic mass is 9.64. The van der Waals surface area contributed by atoms with Crippen LogP contribution in [0.1, 0.15) is 42.4 Å². The number of rotatable bonds is 9. The Morgan fingerprint density at radius 1 is 0.875 bits per heavy atom. The SMILES string of the molecule is CN(CCCc1ccccc1)C1CCC(C(C(N)=O)(c2ccccc2)c2ccccc2)C1. The van der Waals surface area contributed by atoms with Gasteiger partial charge in [-0.2, -0.15) is 0 Å². The molecule has 1 fully saturated rings. The number of hydrogen-bond donors (Lipinski definition) is 1. The van der Waals surface area contributed by atoms with E-state index in [0.29, 0.717) is 6.04 Å². The minimum Gasteiger partial charge on any atom is -0.369 e. The van der Waals surface area contributed by atoms with Crippen molar-refractivity contribution in [3.63, 3.8) is 0 Å². The van der Waals surface area contributed by atoms with Gasteiger partial charge in [-0.1, -0.05) is 91.0 Å². The van der Waals surface area contributed by atoms with Crippen LogP contribution < -0.4 is 5.73 Å². The molecule has 0 aromatic heterocycles. The molecule has 2 N–H and O–H groups in total. The van der Waals surface area contributed by atoms with Gasteiger partial charge >= 0.3 is 0 Å². The topological polar surface area (TPSA) is 46.3 Å². The van der Waals surface area contributed by atoms with Crippen molar-refractivity contribution < 1.29 is 4.79 Å². The first kappa shape index (κ1) is 22.3. The Balaban J connectivity index is 1.53. The summed E-state index contributed by atoms with van der Waals surface area (Å²) in [5, 5.41) is 0. The summed E-state index contributed by atoms with van der Waals surface area (Å²) >= 11 is 0. The third-order valence-electron chi connectivity index (χ3n) is 7.31. The summed E-state index contributed by atoms with van der Waals surface area (Å²) in [4.78, 5) is 15.7. The molecule has 2 atom stereocenters. The van der Waals surface area contributed by atoms with Crippen molar-refractivity contribution in [2.24, 2.45) is 11.7 Å². The minimum absolute atomic E-state index is 0.186. The normalized spacial score (nSPS) is 18.7. The van der Waals surface area contributed by atoms with Gasteiger partial charge in [-0.15, -0.1) is 0 Å². The van der Waals surface area contributed by atoms with Gasteiger partial charge in [0.1, 0.15) is 5.41 Å². The smallest absolute Gasteiger partial charge is 0.232 e. The summed E-state index contributed by atoms with van der Waals surface area (Å²) in [6, 6.07) is 31.5. The molecule has 32 heavy (non-hydrogen) atoms. The van der Waals surface area contributed by atoms with E-state index in [4.69, 9.17) is 5.73 Å². The number of hydrogen-bond acceptors (Lipinski definition) is 2. The third kappa shape index (κ3) is 4.49. The molecule has 3 aromatic rings. The maximum absolute atomic E-state index is 13.2. The second kappa shape index (κ2) is 10.1. The van der Waals surface area contributed by atoms with Crippen LogP contribution in [0.4, 0.5) is 0 Å². The Kier molecular flexibility index (Phi) is 7.06. The summed E-state index contributed by atoms with van der Waals surface area (Å²) in [5.74, 6) is -0.0568. The molecule has 3 heteroatoms. The number of benzene rings is 3. The van der Waals surface area contributed by atoms with Crippen molar-refractivity contribution in [1.82, 2.24) is 4.90 Å². The van der Waals surface area contributed by atoms with E-state index in [1.807, 2.05) is 36.4 Å². The van der Waals surface area contributed by atoms with Gasteiger partial charge in [-0.25, -0.2) is 0 Å². The average Bonchev–Trinajstić information content (AvgIpc) is 3.32. The van der Waals surface area contributed by atoms with E-state index in [0.717, 1.165) is 49.8 Å². The number of carbonyl (C=O) groups is 1. The number of carbonyl (C=O) groups excluding carboxylic acids is 1. The molecular weight excluding hydrogens is 392 g/mol. The van der Waals surface area contributed by atoms with Crippen LogP contribution in [0.2, 0.25) is 0 Å². The zero-order valence-corrected chi connectivity index (χ0v) is 19.0. The molecule has 0 aliphatic heterocycles. The van der Waals surface area contributed by atoms with Crippen LogP contribution in [0.25, 0.3) is 0 Å². The molecule has 0 heterocycles. The van der Waals surface area contributed by atoms with Crippen molar-refractivity contribution in [2.75, 3.05) is 13.6 Å². The fourth-order valence-electron chi connectivity index (χ4n) is 5.64. The lowest BCUT2D eigenvalue weighted by Crippen LogP contribution is -2.48. The maximum Gasteiger partial charge on any atom is 0.232 e. The van der Waals surface area contributed by atoms with E-state index in [1.54, 1.807) is 0 Å². The number of aryl methyl sites for hydroxylation is 1. The highest BCUT2D eigenvalue weighted by molar-refractivity contribution is 5.91. The minimum atomic E-state index is -0.790. The zero-order valence-electron chi connectivity index (χ0n) is 19.0. The Morgan fingerprint density at radius 2 is 1.41 bits per heavy atom. The molecule has 1 saturated carbocycles. The molecule has 3 aromatic carbocycles. The predicted octanol–water partition coefficient (Wildman–Crippen LogP) is 5.19. The summed E-state index contributed by atoms with van der Waals surface area (Å²) in [5.41, 5.74) is 8.85. The van der Waals surface area contributed by atoms with E-state index in [2.05, 4.69) is 66.5 Å². The fourth-order valence-corrected chi connectivity index (χ4v) is 5.64.